The average molecular weight is 2200 g/mol. The second-order valence-electron chi connectivity index (χ2n) is 34.1. The normalized spacial score (nSPS) is 13.9. The van der Waals surface area contributed by atoms with Crippen molar-refractivity contribution >= 4 is 107 Å². The van der Waals surface area contributed by atoms with Crippen LogP contribution in [0.1, 0.15) is 12.8 Å². The summed E-state index contributed by atoms with van der Waals surface area (Å²) in [6.45, 7) is 2.18. The highest BCUT2D eigenvalue weighted by molar-refractivity contribution is 7.94. The molecule has 12 aromatic rings. The Labute approximate surface area is 813 Å². The summed E-state index contributed by atoms with van der Waals surface area (Å²) in [5.74, 6) is -100. The van der Waals surface area contributed by atoms with Crippen LogP contribution >= 0.6 is 43.6 Å². The van der Waals surface area contributed by atoms with Crippen LogP contribution in [0.2, 0.25) is 0 Å². The Morgan fingerprint density at radius 1 is 0.179 bits per heavy atom. The Kier molecular flexibility index (Phi) is 36.6. The van der Waals surface area contributed by atoms with Crippen molar-refractivity contribution in [2.75, 3.05) is 68.3 Å². The van der Waals surface area contributed by atoms with Crippen LogP contribution in [0.4, 0.5) is 162 Å². The predicted molar refractivity (Wildman–Crippen MR) is 508 cm³/mol. The minimum absolute atomic E-state index is 0.0819. The van der Waals surface area contributed by atoms with E-state index in [0.717, 1.165) is 83.4 Å². The quantitative estimate of drug-likeness (QED) is 0.0204. The molecular formula is C102H89F37P6+6. The summed E-state index contributed by atoms with van der Waals surface area (Å²) in [5.41, 5.74) is 0. The van der Waals surface area contributed by atoms with Crippen LogP contribution < -0.4 is 63.7 Å². The van der Waals surface area contributed by atoms with Gasteiger partial charge in [0.15, 0.2) is 19.6 Å². The molecule has 0 radical (unpaired) electrons. The van der Waals surface area contributed by atoms with Gasteiger partial charge >= 0.3 is 102 Å². The fraction of sp³-hybridized carbons (Fsp3) is 0.294. The summed E-state index contributed by atoms with van der Waals surface area (Å²) in [7, 11) is -22.3. The van der Waals surface area contributed by atoms with Gasteiger partial charge in [-0.1, -0.05) is 218 Å². The second kappa shape index (κ2) is 45.2. The molecule has 0 bridgehead atoms. The molecule has 0 N–H and O–H groups in total. The highest BCUT2D eigenvalue weighted by Gasteiger charge is 2.94. The first-order valence-corrected chi connectivity index (χ1v) is 56.6. The van der Waals surface area contributed by atoms with Gasteiger partial charge in [-0.05, 0) is 158 Å². The van der Waals surface area contributed by atoms with Crippen LogP contribution in [0, 0.1) is 0 Å². The van der Waals surface area contributed by atoms with Crippen molar-refractivity contribution in [2.45, 2.75) is 115 Å². The molecule has 0 unspecified atom stereocenters. The highest BCUT2D eigenvalue weighted by atomic mass is 31.2. The maximum Gasteiger partial charge on any atom is 0.519 e. The third-order valence-electron chi connectivity index (χ3n) is 25.1. The lowest BCUT2D eigenvalue weighted by molar-refractivity contribution is -0.430. The predicted octanol–water partition coefficient (Wildman–Crippen LogP) is 29.2. The number of hydrogen-bond donors (Lipinski definition) is 0. The summed E-state index contributed by atoms with van der Waals surface area (Å²) >= 11 is 0. The van der Waals surface area contributed by atoms with Gasteiger partial charge in [-0.3, -0.25) is 0 Å². The Morgan fingerprint density at radius 3 is 0.517 bits per heavy atom. The van der Waals surface area contributed by atoms with Crippen LogP contribution in [0.25, 0.3) is 0 Å². The minimum Gasteiger partial charge on any atom is -0.203 e. The van der Waals surface area contributed by atoms with Gasteiger partial charge in [-0.15, -0.1) is 13.2 Å². The van der Waals surface area contributed by atoms with Gasteiger partial charge in [0.05, 0.1) is 108 Å². The average Bonchev–Trinajstić information content (AvgIpc) is 0.695. The topological polar surface area (TPSA) is 0 Å². The van der Waals surface area contributed by atoms with E-state index in [4.69, 9.17) is 0 Å². The van der Waals surface area contributed by atoms with E-state index in [1.54, 1.807) is 182 Å². The molecule has 0 nitrogen and oxygen atoms in total. The van der Waals surface area contributed by atoms with E-state index < -0.39 is 204 Å². The lowest BCUT2D eigenvalue weighted by atomic mass is 9.92. The molecule has 0 amide bonds. The molecule has 0 spiro atoms. The van der Waals surface area contributed by atoms with Crippen LogP contribution in [-0.2, 0) is 0 Å². The standard InChI is InChI=1S/C42H30F28P2.C32H32F6P2.C28H27F3P2/c43-29(44)33(51,52)37(59,60)41(67,68)39(63,64)35(55,56)31(47,48)23-71(25-13-5-1-6-14-25,26-15-7-2-8-16-26)21-22-72(27-17-9-3-10-18-27,28-19-11-4-12-20-28)24-32(49,50)36(57,58)40(65,66)42(69,70)38(61,62)34(53,54)30(45)46;33-31(34,35)25-39(27-15-5-1-6-16-27,28-17-7-2-8-18-28)23-13-14-24-40(26-32(36,37)38,29-19-9-3-10-20-29)30-21-11-4-12-22-30;1-32(24-14-6-2-7-15-24,25-16-8-3-9-17-25)22-23-33(28(29,30)31,26-18-10-4-11-19-26)27-20-12-5-13-21-27/h1-20,29-30H,21-24H2;1-12,15-22H,13-14,23-26H2;2-21H,22-23H2,1H3/q3*+2. The van der Waals surface area contributed by atoms with E-state index in [2.05, 4.69) is 30.9 Å². The molecule has 12 rings (SSSR count). The Balaban J connectivity index is 0.000000246. The molecule has 12 aromatic carbocycles. The van der Waals surface area contributed by atoms with Crippen molar-refractivity contribution < 1.29 is 162 Å². The molecule has 780 valence electrons. The summed E-state index contributed by atoms with van der Waals surface area (Å²) in [5, 5.41) is 2.41. The molecule has 0 saturated heterocycles. The van der Waals surface area contributed by atoms with Gasteiger partial charge < -0.3 is 0 Å². The zero-order valence-electron chi connectivity index (χ0n) is 75.4. The van der Waals surface area contributed by atoms with Gasteiger partial charge in [0.25, 0.3) is 0 Å². The van der Waals surface area contributed by atoms with Crippen LogP contribution in [0.3, 0.4) is 0 Å². The summed E-state index contributed by atoms with van der Waals surface area (Å²) in [6.07, 6.45) is -30.4. The van der Waals surface area contributed by atoms with Crippen LogP contribution in [-0.4, -0.2) is 170 Å². The SMILES string of the molecule is C[P+](CC[P+](c1ccccc1)(c1ccccc1)C(F)(F)F)(c1ccccc1)c1ccccc1.FC(F)(F)C[P+](CCCC[P+](CC(F)(F)F)(c1ccccc1)c1ccccc1)(c1ccccc1)c1ccccc1.FC(F)C(F)(F)C(F)(F)C(F)(F)C(F)(F)C(F)(F)C(F)(F)C[P+](CC[P+](CC(F)(F)C(F)(F)C(F)(F)C(F)(F)C(F)(F)C(F)(F)C(F)F)(c1ccccc1)c1ccccc1)(c1ccccc1)c1ccccc1. The molecule has 0 aliphatic rings. The molecule has 0 atom stereocenters. The lowest BCUT2D eigenvalue weighted by Crippen LogP contribution is -2.72. The first kappa shape index (κ1) is 118. The summed E-state index contributed by atoms with van der Waals surface area (Å²) < 4.78 is 542. The van der Waals surface area contributed by atoms with Crippen molar-refractivity contribution in [1.82, 2.24) is 0 Å². The van der Waals surface area contributed by atoms with Crippen LogP contribution in [0.5, 0.6) is 0 Å². The maximum absolute atomic E-state index is 16.5. The molecule has 0 fully saturated rings. The molecule has 145 heavy (non-hydrogen) atoms. The zero-order chi connectivity index (χ0) is 107. The van der Waals surface area contributed by atoms with Crippen molar-refractivity contribution in [1.29, 1.82) is 0 Å². The monoisotopic (exact) mass is 2200 g/mol. The molecule has 0 aliphatic heterocycles. The largest absolute Gasteiger partial charge is 0.519 e. The second-order valence-corrected chi connectivity index (χ2v) is 56.5. The fourth-order valence-corrected chi connectivity index (χ4v) is 44.2. The Bertz CT molecular complexity index is 5500. The van der Waals surface area contributed by atoms with Gasteiger partial charge in [0.1, 0.15) is 47.6 Å². The van der Waals surface area contributed by atoms with Gasteiger partial charge in [-0.2, -0.15) is 132 Å². The van der Waals surface area contributed by atoms with Crippen molar-refractivity contribution in [3.63, 3.8) is 0 Å². The molecule has 0 heterocycles. The van der Waals surface area contributed by atoms with E-state index in [-0.39, 0.29) is 18.5 Å². The lowest BCUT2D eigenvalue weighted by Gasteiger charge is -2.43. The van der Waals surface area contributed by atoms with E-state index >= 15 is 65.9 Å². The molecule has 43 heteroatoms. The summed E-state index contributed by atoms with van der Waals surface area (Å²) in [6, 6.07) is 88.8. The number of alkyl halides is 37. The third kappa shape index (κ3) is 23.6. The summed E-state index contributed by atoms with van der Waals surface area (Å²) in [4.78, 5) is 0. The smallest absolute Gasteiger partial charge is 0.203 e. The highest BCUT2D eigenvalue weighted by Crippen LogP contribution is 2.75. The minimum atomic E-state index is -8.52. The first-order valence-electron chi connectivity index (χ1n) is 43.5. The number of halogens is 37. The van der Waals surface area contributed by atoms with E-state index in [9.17, 15) is 96.6 Å². The molecule has 0 aromatic heterocycles. The fourth-order valence-electron chi connectivity index (χ4n) is 17.4. The Hall–Kier alpha value is -9.37. The van der Waals surface area contributed by atoms with E-state index in [1.807, 2.05) is 36.4 Å². The van der Waals surface area contributed by atoms with Crippen molar-refractivity contribution in [3.8, 4) is 0 Å². The van der Waals surface area contributed by atoms with Crippen molar-refractivity contribution in [2.24, 2.45) is 0 Å². The zero-order valence-corrected chi connectivity index (χ0v) is 80.8. The van der Waals surface area contributed by atoms with E-state index in [1.165, 1.54) is 0 Å². The number of unbranched alkanes of at least 4 members (excludes halogenated alkanes) is 1. The number of hydrogen-bond acceptors (Lipinski definition) is 0. The molecule has 0 aliphatic carbocycles. The van der Waals surface area contributed by atoms with E-state index in [0.29, 0.717) is 99.4 Å². The van der Waals surface area contributed by atoms with Gasteiger partial charge in [0.2, 0.25) is 0 Å². The molecular weight excluding hydrogens is 2110 g/mol. The third-order valence-corrected chi connectivity index (χ3v) is 52.0. The maximum atomic E-state index is 16.5. The molecule has 0 saturated carbocycles. The number of benzene rings is 12. The van der Waals surface area contributed by atoms with Crippen molar-refractivity contribution in [3.05, 3.63) is 364 Å². The first-order chi connectivity index (χ1) is 67.3. The number of rotatable bonds is 41. The van der Waals surface area contributed by atoms with Gasteiger partial charge in [-0.25, -0.2) is 17.6 Å². The Morgan fingerprint density at radius 2 is 0.345 bits per heavy atom. The van der Waals surface area contributed by atoms with Crippen LogP contribution in [0.15, 0.2) is 364 Å². The van der Waals surface area contributed by atoms with Gasteiger partial charge in [0, 0.05) is 0 Å².